The second kappa shape index (κ2) is 7.50. The third kappa shape index (κ3) is 3.51. The summed E-state index contributed by atoms with van der Waals surface area (Å²) < 4.78 is 4.16. The highest BCUT2D eigenvalue weighted by atomic mass is 16.2. The standard InChI is InChI=1S/C20H22N6O3/c1-23-17(27)9-8-16(21-23)19(28)25-12-10-14(11-13-25)18-22-24(2)20(29)26(18)15-6-4-3-5-7-15/h3-9,14H,10-13H2,1-2H3. The van der Waals surface area contributed by atoms with Crippen LogP contribution in [0.25, 0.3) is 5.69 Å². The lowest BCUT2D eigenvalue weighted by molar-refractivity contribution is 0.0702. The predicted octanol–water partition coefficient (Wildman–Crippen LogP) is 0.684. The molecule has 1 aliphatic heterocycles. The van der Waals surface area contributed by atoms with Crippen LogP contribution < -0.4 is 11.2 Å². The lowest BCUT2D eigenvalue weighted by Crippen LogP contribution is -2.39. The van der Waals surface area contributed by atoms with Crippen molar-refractivity contribution in [2.45, 2.75) is 18.8 Å². The Labute approximate surface area is 166 Å². The van der Waals surface area contributed by atoms with Gasteiger partial charge in [0, 0.05) is 39.2 Å². The number of nitrogens with zero attached hydrogens (tertiary/aromatic N) is 6. The molecule has 1 amide bonds. The highest BCUT2D eigenvalue weighted by molar-refractivity contribution is 5.92. The molecule has 2 aromatic heterocycles. The molecule has 0 spiro atoms. The van der Waals surface area contributed by atoms with E-state index in [2.05, 4.69) is 10.2 Å². The summed E-state index contributed by atoms with van der Waals surface area (Å²) in [6.45, 7) is 1.07. The van der Waals surface area contributed by atoms with Gasteiger partial charge < -0.3 is 4.90 Å². The second-order valence-corrected chi connectivity index (χ2v) is 7.18. The third-order valence-corrected chi connectivity index (χ3v) is 5.29. The van der Waals surface area contributed by atoms with E-state index in [9.17, 15) is 14.4 Å². The summed E-state index contributed by atoms with van der Waals surface area (Å²) in [5.41, 5.74) is 0.603. The summed E-state index contributed by atoms with van der Waals surface area (Å²) >= 11 is 0. The van der Waals surface area contributed by atoms with Crippen molar-refractivity contribution in [2.24, 2.45) is 14.1 Å². The number of amides is 1. The van der Waals surface area contributed by atoms with Crippen LogP contribution in [-0.4, -0.2) is 48.0 Å². The Balaban J connectivity index is 1.54. The Kier molecular flexibility index (Phi) is 4.87. The van der Waals surface area contributed by atoms with Gasteiger partial charge in [-0.15, -0.1) is 0 Å². The van der Waals surface area contributed by atoms with E-state index >= 15 is 0 Å². The molecule has 9 heteroatoms. The third-order valence-electron chi connectivity index (χ3n) is 5.29. The first-order valence-corrected chi connectivity index (χ1v) is 9.50. The van der Waals surface area contributed by atoms with Crippen molar-refractivity contribution in [1.29, 1.82) is 0 Å². The Morgan fingerprint density at radius 3 is 2.28 bits per heavy atom. The van der Waals surface area contributed by atoms with E-state index in [-0.39, 0.29) is 28.8 Å². The molecule has 0 saturated carbocycles. The Morgan fingerprint density at radius 2 is 1.62 bits per heavy atom. The molecule has 1 fully saturated rings. The fourth-order valence-corrected chi connectivity index (χ4v) is 3.69. The molecule has 29 heavy (non-hydrogen) atoms. The highest BCUT2D eigenvalue weighted by Gasteiger charge is 2.29. The van der Waals surface area contributed by atoms with Gasteiger partial charge in [-0.05, 0) is 31.0 Å². The first-order chi connectivity index (χ1) is 14.0. The zero-order valence-corrected chi connectivity index (χ0v) is 16.4. The molecule has 0 N–H and O–H groups in total. The van der Waals surface area contributed by atoms with Gasteiger partial charge in [0.15, 0.2) is 0 Å². The maximum absolute atomic E-state index is 12.7. The van der Waals surface area contributed by atoms with E-state index < -0.39 is 0 Å². The Morgan fingerprint density at radius 1 is 0.931 bits per heavy atom. The zero-order chi connectivity index (χ0) is 20.5. The van der Waals surface area contributed by atoms with Crippen molar-refractivity contribution in [3.05, 3.63) is 74.8 Å². The van der Waals surface area contributed by atoms with Gasteiger partial charge in [-0.1, -0.05) is 18.2 Å². The average Bonchev–Trinajstić information content (AvgIpc) is 3.05. The van der Waals surface area contributed by atoms with Crippen LogP contribution in [0.3, 0.4) is 0 Å². The van der Waals surface area contributed by atoms with Gasteiger partial charge in [0.1, 0.15) is 11.5 Å². The molecular weight excluding hydrogens is 372 g/mol. The molecule has 0 radical (unpaired) electrons. The lowest BCUT2D eigenvalue weighted by Gasteiger charge is -2.31. The van der Waals surface area contributed by atoms with Crippen molar-refractivity contribution in [2.75, 3.05) is 13.1 Å². The van der Waals surface area contributed by atoms with Crippen molar-refractivity contribution in [3.63, 3.8) is 0 Å². The number of hydrogen-bond donors (Lipinski definition) is 0. The number of aryl methyl sites for hydroxylation is 2. The number of rotatable bonds is 3. The van der Waals surface area contributed by atoms with Crippen molar-refractivity contribution < 1.29 is 4.79 Å². The number of piperidine rings is 1. The summed E-state index contributed by atoms with van der Waals surface area (Å²) in [6, 6.07) is 12.3. The van der Waals surface area contributed by atoms with E-state index in [0.29, 0.717) is 25.9 Å². The Hall–Kier alpha value is -3.49. The quantitative estimate of drug-likeness (QED) is 0.651. The van der Waals surface area contributed by atoms with E-state index in [1.165, 1.54) is 23.9 Å². The molecule has 0 unspecified atom stereocenters. The summed E-state index contributed by atoms with van der Waals surface area (Å²) in [5, 5.41) is 8.52. The van der Waals surface area contributed by atoms with E-state index in [1.807, 2.05) is 30.3 Å². The first-order valence-electron chi connectivity index (χ1n) is 9.50. The lowest BCUT2D eigenvalue weighted by atomic mass is 9.95. The number of para-hydroxylation sites is 1. The molecule has 1 aromatic carbocycles. The van der Waals surface area contributed by atoms with Gasteiger partial charge in [0.2, 0.25) is 0 Å². The normalized spacial score (nSPS) is 14.9. The Bertz CT molecular complexity index is 1150. The van der Waals surface area contributed by atoms with Crippen LogP contribution in [0.4, 0.5) is 0 Å². The second-order valence-electron chi connectivity index (χ2n) is 7.18. The van der Waals surface area contributed by atoms with Crippen LogP contribution in [0.15, 0.2) is 52.1 Å². The molecule has 0 atom stereocenters. The van der Waals surface area contributed by atoms with Crippen LogP contribution in [0.1, 0.15) is 35.1 Å². The van der Waals surface area contributed by atoms with Crippen LogP contribution in [-0.2, 0) is 14.1 Å². The van der Waals surface area contributed by atoms with Gasteiger partial charge >= 0.3 is 5.69 Å². The molecule has 9 nitrogen and oxygen atoms in total. The maximum atomic E-state index is 12.7. The molecule has 0 bridgehead atoms. The van der Waals surface area contributed by atoms with Gasteiger partial charge in [0.05, 0.1) is 5.69 Å². The van der Waals surface area contributed by atoms with Crippen molar-refractivity contribution in [1.82, 2.24) is 29.0 Å². The van der Waals surface area contributed by atoms with Crippen LogP contribution in [0.5, 0.6) is 0 Å². The molecule has 0 aliphatic carbocycles. The molecule has 3 aromatic rings. The minimum Gasteiger partial charge on any atom is -0.337 e. The minimum atomic E-state index is -0.255. The highest BCUT2D eigenvalue weighted by Crippen LogP contribution is 2.28. The average molecular weight is 394 g/mol. The summed E-state index contributed by atoms with van der Waals surface area (Å²) in [7, 11) is 3.17. The molecule has 4 rings (SSSR count). The number of hydrogen-bond acceptors (Lipinski definition) is 5. The fraction of sp³-hybridized carbons (Fsp3) is 0.350. The fourth-order valence-electron chi connectivity index (χ4n) is 3.69. The van der Waals surface area contributed by atoms with E-state index in [0.717, 1.165) is 16.2 Å². The van der Waals surface area contributed by atoms with E-state index in [1.54, 1.807) is 16.5 Å². The summed E-state index contributed by atoms with van der Waals surface area (Å²) in [6.07, 6.45) is 1.39. The molecule has 1 saturated heterocycles. The number of carbonyl (C=O) groups is 1. The molecule has 3 heterocycles. The van der Waals surface area contributed by atoms with Crippen LogP contribution in [0, 0.1) is 0 Å². The topological polar surface area (TPSA) is 95.0 Å². The van der Waals surface area contributed by atoms with Gasteiger partial charge in [-0.3, -0.25) is 9.59 Å². The summed E-state index contributed by atoms with van der Waals surface area (Å²) in [5.74, 6) is 0.595. The zero-order valence-electron chi connectivity index (χ0n) is 16.4. The molecular formula is C20H22N6O3. The first kappa shape index (κ1) is 18.9. The van der Waals surface area contributed by atoms with Gasteiger partial charge in [-0.25, -0.2) is 18.7 Å². The summed E-state index contributed by atoms with van der Waals surface area (Å²) in [4.78, 5) is 38.6. The monoisotopic (exact) mass is 394 g/mol. The SMILES string of the molecule is Cn1nc(C(=O)N2CCC(c3nn(C)c(=O)n3-c3ccccc3)CC2)ccc1=O. The molecule has 1 aliphatic rings. The molecule has 150 valence electrons. The van der Waals surface area contributed by atoms with Crippen LogP contribution in [0.2, 0.25) is 0 Å². The number of aromatic nitrogens is 5. The van der Waals surface area contributed by atoms with Gasteiger partial charge in [0.25, 0.3) is 11.5 Å². The number of likely N-dealkylation sites (tertiary alicyclic amines) is 1. The predicted molar refractivity (Wildman–Crippen MR) is 106 cm³/mol. The minimum absolute atomic E-state index is 0.0706. The smallest absolute Gasteiger partial charge is 0.337 e. The number of carbonyl (C=O) groups excluding carboxylic acids is 1. The van der Waals surface area contributed by atoms with Gasteiger partial charge in [-0.2, -0.15) is 10.2 Å². The van der Waals surface area contributed by atoms with E-state index in [4.69, 9.17) is 0 Å². The maximum Gasteiger partial charge on any atom is 0.350 e. The number of benzene rings is 1. The largest absolute Gasteiger partial charge is 0.350 e. The van der Waals surface area contributed by atoms with Crippen LogP contribution >= 0.6 is 0 Å². The van der Waals surface area contributed by atoms with Crippen molar-refractivity contribution >= 4 is 5.91 Å². The van der Waals surface area contributed by atoms with Crippen molar-refractivity contribution in [3.8, 4) is 5.69 Å².